The van der Waals surface area contributed by atoms with E-state index in [2.05, 4.69) is 36.8 Å². The lowest BCUT2D eigenvalue weighted by Crippen LogP contribution is -2.59. The number of fused-ring (bicyclic) bond motifs is 6. The summed E-state index contributed by atoms with van der Waals surface area (Å²) >= 11 is 1.47. The molecule has 240 valence electrons. The van der Waals surface area contributed by atoms with E-state index in [1.165, 1.54) is 21.9 Å². The number of carbonyl (C=O) groups excluding carboxylic acids is 2. The number of nitrogens with zero attached hydrogens (tertiary/aromatic N) is 5. The van der Waals surface area contributed by atoms with Crippen molar-refractivity contribution in [1.82, 2.24) is 25.0 Å². The maximum Gasteiger partial charge on any atom is 0.324 e. The van der Waals surface area contributed by atoms with Gasteiger partial charge in [-0.15, -0.1) is 11.3 Å². The molecule has 6 bridgehead atoms. The second-order valence-electron chi connectivity index (χ2n) is 12.9. The lowest BCUT2D eigenvalue weighted by molar-refractivity contribution is -0.154. The zero-order chi connectivity index (χ0) is 31.9. The molecule has 0 aliphatic carbocycles. The highest BCUT2D eigenvalue weighted by atomic mass is 32.1. The molecule has 0 spiro atoms. The van der Waals surface area contributed by atoms with E-state index in [9.17, 15) is 9.59 Å². The van der Waals surface area contributed by atoms with E-state index in [1.54, 1.807) is 7.11 Å². The number of hydrazine groups is 1. The fourth-order valence-corrected chi connectivity index (χ4v) is 7.41. The number of aromatic nitrogens is 3. The van der Waals surface area contributed by atoms with Crippen LogP contribution in [0.4, 0.5) is 0 Å². The van der Waals surface area contributed by atoms with Gasteiger partial charge in [-0.1, -0.05) is 13.8 Å². The molecule has 12 heteroatoms. The van der Waals surface area contributed by atoms with Crippen molar-refractivity contribution in [2.24, 2.45) is 16.1 Å². The molecule has 1 unspecified atom stereocenters. The second kappa shape index (κ2) is 12.7. The molecule has 6 rings (SSSR count). The molecule has 3 aromatic rings. The largest absolute Gasteiger partial charge is 0.464 e. The highest BCUT2D eigenvalue weighted by Crippen LogP contribution is 2.40. The molecule has 0 radical (unpaired) electrons. The van der Waals surface area contributed by atoms with Crippen LogP contribution in [0.25, 0.3) is 28.0 Å². The number of nitrogens with one attached hydrogen (secondary N) is 1. The molecular formula is C33H43N7O4S. The first-order valence-electron chi connectivity index (χ1n) is 15.9. The van der Waals surface area contributed by atoms with Crippen molar-refractivity contribution in [3.8, 4) is 11.4 Å². The number of nitrogens with two attached hydrogens (primary N) is 1. The van der Waals surface area contributed by atoms with Crippen LogP contribution in [0.15, 0.2) is 28.2 Å². The molecule has 1 fully saturated rings. The number of hydrogen-bond acceptors (Lipinski definition) is 10. The average molecular weight is 634 g/mol. The molecule has 3 N–H and O–H groups in total. The average Bonchev–Trinajstić information content (AvgIpc) is 3.64. The third kappa shape index (κ3) is 6.20. The summed E-state index contributed by atoms with van der Waals surface area (Å²) in [6.07, 6.45) is 5.68. The fourth-order valence-electron chi connectivity index (χ4n) is 6.56. The highest BCUT2D eigenvalue weighted by Gasteiger charge is 2.35. The van der Waals surface area contributed by atoms with Gasteiger partial charge in [-0.3, -0.25) is 19.6 Å². The summed E-state index contributed by atoms with van der Waals surface area (Å²) in [4.78, 5) is 41.5. The molecule has 0 saturated carbocycles. The molecule has 11 nitrogen and oxygen atoms in total. The molecule has 3 aliphatic heterocycles. The van der Waals surface area contributed by atoms with Crippen LogP contribution in [0.5, 0.6) is 0 Å². The Morgan fingerprint density at radius 3 is 2.84 bits per heavy atom. The first-order valence-corrected chi connectivity index (χ1v) is 16.7. The minimum Gasteiger partial charge on any atom is -0.464 e. The van der Waals surface area contributed by atoms with Crippen LogP contribution >= 0.6 is 11.3 Å². The first kappa shape index (κ1) is 31.5. The maximum absolute atomic E-state index is 13.3. The number of esters is 1. The summed E-state index contributed by atoms with van der Waals surface area (Å²) in [7, 11) is 1.71. The molecule has 3 atom stereocenters. The van der Waals surface area contributed by atoms with Crippen molar-refractivity contribution in [1.29, 1.82) is 0 Å². The van der Waals surface area contributed by atoms with Gasteiger partial charge in [0.2, 0.25) is 0 Å². The maximum atomic E-state index is 13.3. The minimum atomic E-state index is -0.789. The summed E-state index contributed by atoms with van der Waals surface area (Å²) in [6, 6.07) is 2.74. The number of thiazole rings is 1. The number of hydrogen-bond donors (Lipinski definition) is 2. The standard InChI is InChI=1S/C33H43N7O4S/c1-6-39-26-12-11-23-25-17-45-27(36-25)15-22(34)31(41)40-14-8-10-24(38-40)32(42)44-18-33(3,4)16-21(29(26)37-23)30(39)20-9-7-13-35-28(20)19(2)43-5/h11-13,17,19,22,24,38H,6-10,14-16,18,34H2,1-5H3/t19-,22?,24-/m0/s1. The van der Waals surface area contributed by atoms with E-state index in [0.29, 0.717) is 32.2 Å². The van der Waals surface area contributed by atoms with Gasteiger partial charge in [0.15, 0.2) is 0 Å². The second-order valence-corrected chi connectivity index (χ2v) is 13.9. The number of aliphatic imine (C=N–C) groups is 1. The normalized spacial score (nSPS) is 23.3. The Kier molecular flexibility index (Phi) is 8.93. The van der Waals surface area contributed by atoms with Crippen LogP contribution in [0.2, 0.25) is 0 Å². The van der Waals surface area contributed by atoms with Crippen molar-refractivity contribution >= 4 is 46.0 Å². The molecular weight excluding hydrogens is 590 g/mol. The van der Waals surface area contributed by atoms with Gasteiger partial charge < -0.3 is 19.8 Å². The quantitative estimate of drug-likeness (QED) is 0.407. The lowest BCUT2D eigenvalue weighted by atomic mass is 9.84. The van der Waals surface area contributed by atoms with Crippen LogP contribution in [0.1, 0.15) is 69.6 Å². The Morgan fingerprint density at radius 2 is 2.07 bits per heavy atom. The topological polar surface area (TPSA) is 137 Å². The van der Waals surface area contributed by atoms with Crippen LogP contribution in [0, 0.1) is 5.41 Å². The Morgan fingerprint density at radius 1 is 1.24 bits per heavy atom. The van der Waals surface area contributed by atoms with Crippen molar-refractivity contribution in [3.63, 3.8) is 0 Å². The summed E-state index contributed by atoms with van der Waals surface area (Å²) in [5.41, 5.74) is 16.8. The summed E-state index contributed by atoms with van der Waals surface area (Å²) in [6.45, 7) is 9.86. The zero-order valence-electron chi connectivity index (χ0n) is 26.8. The van der Waals surface area contributed by atoms with Crippen molar-refractivity contribution in [2.45, 2.75) is 91.0 Å². The SMILES string of the molecule is CCn1c(C2=C([C@H](C)OC)N=CCC2)c2c3nc(ccc31)-c1csc(n1)CC(N)C(=O)N1CCC[C@H](N1)C(=O)OCC(C)(C)C2. The molecule has 6 heterocycles. The zero-order valence-corrected chi connectivity index (χ0v) is 27.6. The van der Waals surface area contributed by atoms with E-state index >= 15 is 0 Å². The number of cyclic esters (lactones) is 1. The first-order chi connectivity index (χ1) is 21.6. The van der Waals surface area contributed by atoms with Gasteiger partial charge in [0.05, 0.1) is 57.6 Å². The lowest BCUT2D eigenvalue weighted by Gasteiger charge is -2.34. The summed E-state index contributed by atoms with van der Waals surface area (Å²) in [5.74, 6) is -0.621. The van der Waals surface area contributed by atoms with Crippen molar-refractivity contribution < 1.29 is 19.1 Å². The fraction of sp³-hybridized carbons (Fsp3) is 0.545. The van der Waals surface area contributed by atoms with Gasteiger partial charge in [0, 0.05) is 54.8 Å². The van der Waals surface area contributed by atoms with E-state index in [0.717, 1.165) is 63.8 Å². The van der Waals surface area contributed by atoms with E-state index in [-0.39, 0.29) is 24.6 Å². The Labute approximate surface area is 267 Å². The number of pyridine rings is 1. The third-order valence-corrected chi connectivity index (χ3v) is 9.80. The van der Waals surface area contributed by atoms with Gasteiger partial charge in [0.1, 0.15) is 6.04 Å². The number of rotatable bonds is 4. The molecule has 1 amide bonds. The molecule has 45 heavy (non-hydrogen) atoms. The monoisotopic (exact) mass is 633 g/mol. The Hall–Kier alpha value is -3.45. The van der Waals surface area contributed by atoms with Gasteiger partial charge in [-0.2, -0.15) is 0 Å². The number of aryl methyl sites for hydroxylation is 1. The highest BCUT2D eigenvalue weighted by molar-refractivity contribution is 7.10. The Bertz CT molecular complexity index is 1670. The van der Waals surface area contributed by atoms with Gasteiger partial charge >= 0.3 is 5.97 Å². The predicted octanol–water partition coefficient (Wildman–Crippen LogP) is 4.28. The van der Waals surface area contributed by atoms with E-state index in [4.69, 9.17) is 30.2 Å². The molecule has 3 aromatic heterocycles. The number of ether oxygens (including phenoxy) is 2. The number of carbonyl (C=O) groups is 2. The molecule has 0 aromatic carbocycles. The van der Waals surface area contributed by atoms with Gasteiger partial charge in [-0.05, 0) is 58.1 Å². The van der Waals surface area contributed by atoms with Crippen LogP contribution in [-0.2, 0) is 38.4 Å². The third-order valence-electron chi connectivity index (χ3n) is 8.93. The summed E-state index contributed by atoms with van der Waals surface area (Å²) in [5, 5.41) is 4.22. The number of methoxy groups -OCH3 is 1. The van der Waals surface area contributed by atoms with Crippen LogP contribution < -0.4 is 11.2 Å². The van der Waals surface area contributed by atoms with E-state index in [1.807, 2.05) is 24.6 Å². The van der Waals surface area contributed by atoms with E-state index < -0.39 is 17.5 Å². The predicted molar refractivity (Wildman–Crippen MR) is 176 cm³/mol. The summed E-state index contributed by atoms with van der Waals surface area (Å²) < 4.78 is 14.1. The van der Waals surface area contributed by atoms with Crippen molar-refractivity contribution in [2.75, 3.05) is 20.3 Å². The Balaban J connectivity index is 1.52. The van der Waals surface area contributed by atoms with Crippen molar-refractivity contribution in [3.05, 3.63) is 39.5 Å². The number of allylic oxidation sites excluding steroid dienone is 1. The van der Waals surface area contributed by atoms with Crippen LogP contribution in [0.3, 0.4) is 0 Å². The van der Waals surface area contributed by atoms with Gasteiger partial charge in [-0.25, -0.2) is 15.4 Å². The van der Waals surface area contributed by atoms with Crippen LogP contribution in [-0.4, -0.2) is 76.1 Å². The smallest absolute Gasteiger partial charge is 0.324 e. The van der Waals surface area contributed by atoms with Gasteiger partial charge in [0.25, 0.3) is 5.91 Å². The molecule has 3 aliphatic rings. The molecule has 1 saturated heterocycles. The minimum absolute atomic E-state index is 0.169. The number of amides is 1.